The molecule has 1 N–H and O–H groups in total. The lowest BCUT2D eigenvalue weighted by Crippen LogP contribution is -2.00. The van der Waals surface area contributed by atoms with Crippen LogP contribution in [0.3, 0.4) is 0 Å². The first-order valence-electron chi connectivity index (χ1n) is 4.74. The van der Waals surface area contributed by atoms with Crippen molar-refractivity contribution in [2.45, 2.75) is 0 Å². The molecule has 0 saturated heterocycles. The molecule has 5 nitrogen and oxygen atoms in total. The van der Waals surface area contributed by atoms with Crippen LogP contribution in [-0.2, 0) is 0 Å². The van der Waals surface area contributed by atoms with Crippen LogP contribution in [0.4, 0.5) is 4.39 Å². The first-order chi connectivity index (χ1) is 8.56. The summed E-state index contributed by atoms with van der Waals surface area (Å²) in [6, 6.07) is 3.37. The Morgan fingerprint density at radius 1 is 1.39 bits per heavy atom. The maximum absolute atomic E-state index is 13.4. The molecule has 18 heavy (non-hydrogen) atoms. The second-order valence-corrected chi connectivity index (χ2v) is 3.62. The molecule has 92 valence electrons. The molecule has 7 heteroatoms. The smallest absolute Gasteiger partial charge is 0.338 e. The molecule has 0 saturated carbocycles. The van der Waals surface area contributed by atoms with E-state index >= 15 is 0 Å². The number of carboxylic acid groups (broad SMARTS) is 1. The first kappa shape index (κ1) is 12.3. The standard InChI is InChI=1S/C11H6ClFN2O3/c12-9-4-14-5-10(15-9)18-6-1-2-7(11(16)17)8(13)3-6/h1-5H,(H,16,17). The molecular weight excluding hydrogens is 263 g/mol. The number of carbonyl (C=O) groups is 1. The minimum Gasteiger partial charge on any atom is -0.478 e. The van der Waals surface area contributed by atoms with E-state index < -0.39 is 17.3 Å². The van der Waals surface area contributed by atoms with Gasteiger partial charge in [0.2, 0.25) is 5.88 Å². The van der Waals surface area contributed by atoms with Crippen molar-refractivity contribution in [1.82, 2.24) is 9.97 Å². The van der Waals surface area contributed by atoms with Gasteiger partial charge in [-0.1, -0.05) is 11.6 Å². The second-order valence-electron chi connectivity index (χ2n) is 3.23. The molecule has 0 bridgehead atoms. The maximum Gasteiger partial charge on any atom is 0.338 e. The van der Waals surface area contributed by atoms with E-state index in [1.54, 1.807) is 0 Å². The Morgan fingerprint density at radius 2 is 2.17 bits per heavy atom. The zero-order valence-corrected chi connectivity index (χ0v) is 9.56. The van der Waals surface area contributed by atoms with Crippen molar-refractivity contribution in [3.05, 3.63) is 47.1 Å². The Bertz CT molecular complexity index is 607. The monoisotopic (exact) mass is 268 g/mol. The van der Waals surface area contributed by atoms with Gasteiger partial charge in [0.25, 0.3) is 0 Å². The van der Waals surface area contributed by atoms with Gasteiger partial charge in [0.05, 0.1) is 18.0 Å². The Morgan fingerprint density at radius 3 is 2.78 bits per heavy atom. The predicted molar refractivity (Wildman–Crippen MR) is 60.5 cm³/mol. The van der Waals surface area contributed by atoms with E-state index in [0.29, 0.717) is 0 Å². The number of aromatic nitrogens is 2. The number of halogens is 2. The normalized spacial score (nSPS) is 10.1. The van der Waals surface area contributed by atoms with Gasteiger partial charge >= 0.3 is 5.97 Å². The molecule has 1 aromatic carbocycles. The van der Waals surface area contributed by atoms with Crippen LogP contribution in [0.1, 0.15) is 10.4 Å². The van der Waals surface area contributed by atoms with Gasteiger partial charge in [-0.05, 0) is 12.1 Å². The average molecular weight is 269 g/mol. The third-order valence-corrected chi connectivity index (χ3v) is 2.16. The Labute approximate surface area is 106 Å². The fourth-order valence-electron chi connectivity index (χ4n) is 1.23. The minimum atomic E-state index is -1.35. The van der Waals surface area contributed by atoms with E-state index in [9.17, 15) is 9.18 Å². The molecule has 0 spiro atoms. The number of hydrogen-bond donors (Lipinski definition) is 1. The molecule has 2 rings (SSSR count). The molecule has 0 amide bonds. The molecule has 0 radical (unpaired) electrons. The highest BCUT2D eigenvalue weighted by atomic mass is 35.5. The van der Waals surface area contributed by atoms with Crippen LogP contribution in [0.5, 0.6) is 11.6 Å². The van der Waals surface area contributed by atoms with Gasteiger partial charge in [-0.25, -0.2) is 9.18 Å². The number of ether oxygens (including phenoxy) is 1. The summed E-state index contributed by atoms with van der Waals surface area (Å²) in [4.78, 5) is 18.2. The quantitative estimate of drug-likeness (QED) is 0.927. The summed E-state index contributed by atoms with van der Waals surface area (Å²) in [7, 11) is 0. The summed E-state index contributed by atoms with van der Waals surface area (Å²) in [5.74, 6) is -2.05. The lowest BCUT2D eigenvalue weighted by Gasteiger charge is -2.05. The lowest BCUT2D eigenvalue weighted by atomic mass is 10.2. The molecule has 0 atom stereocenters. The summed E-state index contributed by atoms with van der Waals surface area (Å²) in [5, 5.41) is 8.80. The van der Waals surface area contributed by atoms with Crippen LogP contribution >= 0.6 is 11.6 Å². The van der Waals surface area contributed by atoms with Gasteiger partial charge in [-0.2, -0.15) is 4.98 Å². The molecular formula is C11H6ClFN2O3. The van der Waals surface area contributed by atoms with Crippen LogP contribution in [0.25, 0.3) is 0 Å². The van der Waals surface area contributed by atoms with Gasteiger partial charge in [0.1, 0.15) is 11.6 Å². The third-order valence-electron chi connectivity index (χ3n) is 1.98. The van der Waals surface area contributed by atoms with Crippen LogP contribution < -0.4 is 4.74 Å². The maximum atomic E-state index is 13.4. The zero-order valence-electron chi connectivity index (χ0n) is 8.80. The summed E-state index contributed by atoms with van der Waals surface area (Å²) in [5.41, 5.74) is -0.431. The van der Waals surface area contributed by atoms with E-state index in [-0.39, 0.29) is 16.8 Å². The van der Waals surface area contributed by atoms with Gasteiger partial charge in [0.15, 0.2) is 5.15 Å². The van der Waals surface area contributed by atoms with E-state index in [4.69, 9.17) is 21.4 Å². The molecule has 0 unspecified atom stereocenters. The fraction of sp³-hybridized carbons (Fsp3) is 0. The Hall–Kier alpha value is -2.21. The van der Waals surface area contributed by atoms with Crippen molar-refractivity contribution in [2.24, 2.45) is 0 Å². The fourth-order valence-corrected chi connectivity index (χ4v) is 1.37. The number of nitrogens with zero attached hydrogens (tertiary/aromatic N) is 2. The van der Waals surface area contributed by atoms with Crippen LogP contribution in [-0.4, -0.2) is 21.0 Å². The number of benzene rings is 1. The lowest BCUT2D eigenvalue weighted by molar-refractivity contribution is 0.0692. The van der Waals surface area contributed by atoms with Crippen molar-refractivity contribution in [1.29, 1.82) is 0 Å². The predicted octanol–water partition coefficient (Wildman–Crippen LogP) is 2.76. The highest BCUT2D eigenvalue weighted by Gasteiger charge is 2.11. The number of hydrogen-bond acceptors (Lipinski definition) is 4. The highest BCUT2D eigenvalue weighted by Crippen LogP contribution is 2.22. The Kier molecular flexibility index (Phi) is 3.38. The summed E-state index contributed by atoms with van der Waals surface area (Å²) in [6.07, 6.45) is 2.62. The van der Waals surface area contributed by atoms with Gasteiger partial charge in [0, 0.05) is 6.07 Å². The zero-order chi connectivity index (χ0) is 13.1. The summed E-state index contributed by atoms with van der Waals surface area (Å²) < 4.78 is 18.5. The van der Waals surface area contributed by atoms with E-state index in [2.05, 4.69) is 9.97 Å². The first-order valence-corrected chi connectivity index (χ1v) is 5.12. The van der Waals surface area contributed by atoms with Crippen molar-refractivity contribution in [3.63, 3.8) is 0 Å². The average Bonchev–Trinajstić information content (AvgIpc) is 2.28. The molecule has 1 aromatic heterocycles. The van der Waals surface area contributed by atoms with Crippen LogP contribution in [0.15, 0.2) is 30.6 Å². The molecule has 0 fully saturated rings. The number of carboxylic acids is 1. The van der Waals surface area contributed by atoms with E-state index in [1.165, 1.54) is 18.5 Å². The van der Waals surface area contributed by atoms with Crippen molar-refractivity contribution in [3.8, 4) is 11.6 Å². The van der Waals surface area contributed by atoms with Crippen LogP contribution in [0.2, 0.25) is 5.15 Å². The molecule has 1 heterocycles. The molecule has 0 aliphatic carbocycles. The second kappa shape index (κ2) is 4.97. The molecule has 0 aliphatic rings. The topological polar surface area (TPSA) is 72.3 Å². The van der Waals surface area contributed by atoms with Crippen molar-refractivity contribution >= 4 is 17.6 Å². The van der Waals surface area contributed by atoms with Crippen molar-refractivity contribution in [2.75, 3.05) is 0 Å². The van der Waals surface area contributed by atoms with Crippen molar-refractivity contribution < 1.29 is 19.0 Å². The molecule has 0 aliphatic heterocycles. The van der Waals surface area contributed by atoms with E-state index in [0.717, 1.165) is 12.1 Å². The molecule has 2 aromatic rings. The third kappa shape index (κ3) is 2.72. The Balaban J connectivity index is 2.25. The highest BCUT2D eigenvalue weighted by molar-refractivity contribution is 6.29. The number of rotatable bonds is 3. The SMILES string of the molecule is O=C(O)c1ccc(Oc2cncc(Cl)n2)cc1F. The summed E-state index contributed by atoms with van der Waals surface area (Å²) in [6.45, 7) is 0. The van der Waals surface area contributed by atoms with Gasteiger partial charge < -0.3 is 9.84 Å². The van der Waals surface area contributed by atoms with E-state index in [1.807, 2.05) is 0 Å². The van der Waals surface area contributed by atoms with Gasteiger partial charge in [-0.3, -0.25) is 4.98 Å². The summed E-state index contributed by atoms with van der Waals surface area (Å²) >= 11 is 5.60. The van der Waals surface area contributed by atoms with Gasteiger partial charge in [-0.15, -0.1) is 0 Å². The minimum absolute atomic E-state index is 0.0879. The van der Waals surface area contributed by atoms with Crippen LogP contribution in [0, 0.1) is 5.82 Å². The number of aromatic carboxylic acids is 1. The largest absolute Gasteiger partial charge is 0.478 e.